The quantitative estimate of drug-likeness (QED) is 0.572. The van der Waals surface area contributed by atoms with Crippen LogP contribution in [0, 0.1) is 0 Å². The van der Waals surface area contributed by atoms with Gasteiger partial charge in [0.1, 0.15) is 5.75 Å². The molecule has 4 N–H and O–H groups in total. The number of anilines is 1. The zero-order chi connectivity index (χ0) is 12.1. The van der Waals surface area contributed by atoms with E-state index < -0.39 is 6.10 Å². The van der Waals surface area contributed by atoms with Gasteiger partial charge in [0, 0.05) is 19.6 Å². The molecule has 0 heterocycles. The molecule has 1 rings (SSSR count). The van der Waals surface area contributed by atoms with Gasteiger partial charge in [0.25, 0.3) is 0 Å². The lowest BCUT2D eigenvalue weighted by Crippen LogP contribution is -2.27. The second-order valence-electron chi connectivity index (χ2n) is 4.11. The van der Waals surface area contributed by atoms with Crippen LogP contribution in [0.15, 0.2) is 18.2 Å². The first-order chi connectivity index (χ1) is 7.54. The van der Waals surface area contributed by atoms with Gasteiger partial charge in [-0.25, -0.2) is 0 Å². The number of aliphatic hydroxyl groups is 1. The average molecular weight is 224 g/mol. The van der Waals surface area contributed by atoms with Gasteiger partial charge in [-0.3, -0.25) is 0 Å². The molecule has 0 saturated carbocycles. The Morgan fingerprint density at radius 1 is 1.31 bits per heavy atom. The first-order valence-electron chi connectivity index (χ1n) is 5.46. The van der Waals surface area contributed by atoms with Gasteiger partial charge >= 0.3 is 0 Å². The van der Waals surface area contributed by atoms with E-state index in [0.29, 0.717) is 18.3 Å². The highest BCUT2D eigenvalue weighted by Gasteiger charge is 2.10. The van der Waals surface area contributed by atoms with Gasteiger partial charge in [-0.05, 0) is 17.7 Å². The van der Waals surface area contributed by atoms with E-state index in [1.165, 1.54) is 0 Å². The molecule has 0 amide bonds. The summed E-state index contributed by atoms with van der Waals surface area (Å²) >= 11 is 0. The van der Waals surface area contributed by atoms with Crippen LogP contribution in [0.3, 0.4) is 0 Å². The number of benzene rings is 1. The SMILES string of the molecule is CNc1cc(C(O)CNC(C)C)ccc1O. The number of hydrogen-bond donors (Lipinski definition) is 4. The van der Waals surface area contributed by atoms with E-state index in [4.69, 9.17) is 0 Å². The van der Waals surface area contributed by atoms with Crippen LogP contribution in [0.4, 0.5) is 5.69 Å². The lowest BCUT2D eigenvalue weighted by Gasteiger charge is -2.15. The standard InChI is InChI=1S/C12H20N2O2/c1-8(2)14-7-12(16)9-4-5-11(15)10(6-9)13-3/h4-6,8,12-16H,7H2,1-3H3. The molecule has 90 valence electrons. The van der Waals surface area contributed by atoms with Gasteiger partial charge in [-0.2, -0.15) is 0 Å². The summed E-state index contributed by atoms with van der Waals surface area (Å²) in [4.78, 5) is 0. The molecule has 0 aliphatic heterocycles. The molecule has 0 aromatic heterocycles. The second kappa shape index (κ2) is 5.72. The molecule has 0 aliphatic rings. The Morgan fingerprint density at radius 2 is 2.00 bits per heavy atom. The Labute approximate surface area is 96.3 Å². The van der Waals surface area contributed by atoms with Gasteiger partial charge in [0.15, 0.2) is 0 Å². The van der Waals surface area contributed by atoms with Gasteiger partial charge < -0.3 is 20.8 Å². The molecule has 0 spiro atoms. The molecule has 4 heteroatoms. The van der Waals surface area contributed by atoms with Crippen LogP contribution in [-0.2, 0) is 0 Å². The van der Waals surface area contributed by atoms with E-state index >= 15 is 0 Å². The fourth-order valence-electron chi connectivity index (χ4n) is 1.43. The van der Waals surface area contributed by atoms with E-state index in [1.807, 2.05) is 13.8 Å². The first kappa shape index (κ1) is 12.8. The highest BCUT2D eigenvalue weighted by Crippen LogP contribution is 2.26. The topological polar surface area (TPSA) is 64.5 Å². The van der Waals surface area contributed by atoms with Crippen LogP contribution in [0.25, 0.3) is 0 Å². The Hall–Kier alpha value is -1.26. The smallest absolute Gasteiger partial charge is 0.138 e. The van der Waals surface area contributed by atoms with Crippen molar-refractivity contribution >= 4 is 5.69 Å². The summed E-state index contributed by atoms with van der Waals surface area (Å²) < 4.78 is 0. The number of aromatic hydroxyl groups is 1. The highest BCUT2D eigenvalue weighted by atomic mass is 16.3. The van der Waals surface area contributed by atoms with Crippen LogP contribution in [0.2, 0.25) is 0 Å². The van der Waals surface area contributed by atoms with Crippen molar-refractivity contribution in [3.05, 3.63) is 23.8 Å². The largest absolute Gasteiger partial charge is 0.506 e. The van der Waals surface area contributed by atoms with E-state index in [1.54, 1.807) is 25.2 Å². The first-order valence-corrected chi connectivity index (χ1v) is 5.46. The molecule has 0 aliphatic carbocycles. The zero-order valence-corrected chi connectivity index (χ0v) is 9.99. The second-order valence-corrected chi connectivity index (χ2v) is 4.11. The van der Waals surface area contributed by atoms with Gasteiger partial charge in [-0.1, -0.05) is 19.9 Å². The molecule has 0 bridgehead atoms. The minimum atomic E-state index is -0.560. The summed E-state index contributed by atoms with van der Waals surface area (Å²) in [5.74, 6) is 0.190. The number of rotatable bonds is 5. The number of nitrogens with one attached hydrogen (secondary N) is 2. The van der Waals surface area contributed by atoms with Crippen LogP contribution >= 0.6 is 0 Å². The van der Waals surface area contributed by atoms with E-state index in [2.05, 4.69) is 10.6 Å². The van der Waals surface area contributed by atoms with Crippen molar-refractivity contribution in [3.8, 4) is 5.75 Å². The monoisotopic (exact) mass is 224 g/mol. The summed E-state index contributed by atoms with van der Waals surface area (Å²) in [5, 5.41) is 25.4. The molecule has 4 nitrogen and oxygen atoms in total. The van der Waals surface area contributed by atoms with Crippen molar-refractivity contribution in [1.29, 1.82) is 0 Å². The van der Waals surface area contributed by atoms with Gasteiger partial charge in [-0.15, -0.1) is 0 Å². The van der Waals surface area contributed by atoms with E-state index in [0.717, 1.165) is 5.56 Å². The summed E-state index contributed by atoms with van der Waals surface area (Å²) in [6.07, 6.45) is -0.560. The summed E-state index contributed by atoms with van der Waals surface area (Å²) in [5.41, 5.74) is 1.41. The molecule has 0 radical (unpaired) electrons. The van der Waals surface area contributed by atoms with Crippen LogP contribution < -0.4 is 10.6 Å². The fraction of sp³-hybridized carbons (Fsp3) is 0.500. The third-order valence-corrected chi connectivity index (χ3v) is 2.39. The molecular formula is C12H20N2O2. The maximum Gasteiger partial charge on any atom is 0.138 e. The van der Waals surface area contributed by atoms with Crippen molar-refractivity contribution in [2.75, 3.05) is 18.9 Å². The highest BCUT2D eigenvalue weighted by molar-refractivity contribution is 5.57. The molecule has 16 heavy (non-hydrogen) atoms. The van der Waals surface area contributed by atoms with Crippen molar-refractivity contribution in [1.82, 2.24) is 5.32 Å². The maximum atomic E-state index is 9.91. The van der Waals surface area contributed by atoms with Gasteiger partial charge in [0.05, 0.1) is 11.8 Å². The summed E-state index contributed by atoms with van der Waals surface area (Å²) in [6, 6.07) is 5.40. The zero-order valence-electron chi connectivity index (χ0n) is 9.99. The average Bonchev–Trinajstić information content (AvgIpc) is 2.26. The summed E-state index contributed by atoms with van der Waals surface area (Å²) in [7, 11) is 1.73. The predicted molar refractivity (Wildman–Crippen MR) is 65.8 cm³/mol. The van der Waals surface area contributed by atoms with Gasteiger partial charge in [0.2, 0.25) is 0 Å². The molecule has 0 fully saturated rings. The molecule has 0 saturated heterocycles. The third kappa shape index (κ3) is 3.40. The number of phenols is 1. The number of hydrogen-bond acceptors (Lipinski definition) is 4. The molecule has 1 aromatic carbocycles. The van der Waals surface area contributed by atoms with Crippen LogP contribution in [0.5, 0.6) is 5.75 Å². The van der Waals surface area contributed by atoms with Crippen LogP contribution in [0.1, 0.15) is 25.5 Å². The lowest BCUT2D eigenvalue weighted by atomic mass is 10.1. The van der Waals surface area contributed by atoms with Crippen molar-refractivity contribution < 1.29 is 10.2 Å². The molecule has 1 atom stereocenters. The van der Waals surface area contributed by atoms with Crippen molar-refractivity contribution in [3.63, 3.8) is 0 Å². The normalized spacial score (nSPS) is 12.8. The predicted octanol–water partition coefficient (Wildman–Crippen LogP) is 1.47. The Morgan fingerprint density at radius 3 is 2.56 bits per heavy atom. The molecule has 1 aromatic rings. The Balaban J connectivity index is 2.72. The van der Waals surface area contributed by atoms with Crippen molar-refractivity contribution in [2.45, 2.75) is 26.0 Å². The minimum absolute atomic E-state index is 0.190. The fourth-order valence-corrected chi connectivity index (χ4v) is 1.43. The lowest BCUT2D eigenvalue weighted by molar-refractivity contribution is 0.171. The third-order valence-electron chi connectivity index (χ3n) is 2.39. The summed E-state index contributed by atoms with van der Waals surface area (Å²) in [6.45, 7) is 4.57. The van der Waals surface area contributed by atoms with E-state index in [-0.39, 0.29) is 5.75 Å². The number of aliphatic hydroxyl groups excluding tert-OH is 1. The van der Waals surface area contributed by atoms with E-state index in [9.17, 15) is 10.2 Å². The minimum Gasteiger partial charge on any atom is -0.506 e. The number of phenolic OH excluding ortho intramolecular Hbond substituents is 1. The maximum absolute atomic E-state index is 9.91. The molecule has 1 unspecified atom stereocenters. The molecular weight excluding hydrogens is 204 g/mol. The van der Waals surface area contributed by atoms with Crippen molar-refractivity contribution in [2.24, 2.45) is 0 Å². The Bertz CT molecular complexity index is 340. The Kier molecular flexibility index (Phi) is 4.58. The van der Waals surface area contributed by atoms with Crippen LogP contribution in [-0.4, -0.2) is 29.8 Å².